The molecule has 4 aliphatic heterocycles. The standard InChI is InChI=1S/C24H28N6O4/c25-14-19(22-26-4-1-5-27-22)23(31)28-20-12-16-15-30(17-2-8-33-9-3-17)24(32)18(16)13-21(20)29-6-10-34-11-7-29/h1,4-5,12-14,17,25-26H,2-3,6-11,15H2,(H,28,31)/b22-19-,25-14?. The molecule has 0 aromatic heterocycles. The topological polar surface area (TPSA) is 119 Å². The summed E-state index contributed by atoms with van der Waals surface area (Å²) in [5.41, 5.74) is 3.09. The summed E-state index contributed by atoms with van der Waals surface area (Å²) in [6.45, 7) is 4.32. The van der Waals surface area contributed by atoms with Gasteiger partial charge in [-0.25, -0.2) is 4.99 Å². The first kappa shape index (κ1) is 22.3. The minimum atomic E-state index is -0.440. The average Bonchev–Trinajstić information content (AvgIpc) is 3.21. The normalized spacial score (nSPS) is 21.8. The van der Waals surface area contributed by atoms with E-state index in [4.69, 9.17) is 14.9 Å². The largest absolute Gasteiger partial charge is 0.381 e. The first-order valence-electron chi connectivity index (χ1n) is 11.6. The molecular weight excluding hydrogens is 436 g/mol. The first-order chi connectivity index (χ1) is 16.7. The second kappa shape index (κ2) is 9.78. The van der Waals surface area contributed by atoms with E-state index in [1.165, 1.54) is 0 Å². The van der Waals surface area contributed by atoms with E-state index in [0.717, 1.165) is 30.3 Å². The molecule has 0 spiro atoms. The van der Waals surface area contributed by atoms with E-state index < -0.39 is 5.91 Å². The Kier molecular flexibility index (Phi) is 6.41. The highest BCUT2D eigenvalue weighted by Crippen LogP contribution is 2.36. The van der Waals surface area contributed by atoms with Gasteiger partial charge in [0.15, 0.2) is 0 Å². The molecule has 4 heterocycles. The highest BCUT2D eigenvalue weighted by molar-refractivity contribution is 6.18. The Bertz CT molecular complexity index is 1080. The summed E-state index contributed by atoms with van der Waals surface area (Å²) < 4.78 is 11.0. The van der Waals surface area contributed by atoms with Gasteiger partial charge in [0.05, 0.1) is 30.2 Å². The number of allylic oxidation sites excluding steroid dienone is 1. The Morgan fingerprint density at radius 2 is 1.94 bits per heavy atom. The lowest BCUT2D eigenvalue weighted by Gasteiger charge is -2.31. The zero-order valence-corrected chi connectivity index (χ0v) is 18.9. The third-order valence-corrected chi connectivity index (χ3v) is 6.54. The third kappa shape index (κ3) is 4.34. The van der Waals surface area contributed by atoms with Gasteiger partial charge in [0.25, 0.3) is 11.8 Å². The second-order valence-corrected chi connectivity index (χ2v) is 8.54. The summed E-state index contributed by atoms with van der Waals surface area (Å²) in [5.74, 6) is -0.0981. The predicted octanol–water partition coefficient (Wildman–Crippen LogP) is 1.65. The zero-order chi connectivity index (χ0) is 23.5. The molecule has 4 aliphatic rings. The Balaban J connectivity index is 1.47. The van der Waals surface area contributed by atoms with Gasteiger partial charge in [0.2, 0.25) is 0 Å². The molecule has 3 N–H and O–H groups in total. The van der Waals surface area contributed by atoms with E-state index in [1.807, 2.05) is 17.0 Å². The van der Waals surface area contributed by atoms with Crippen molar-refractivity contribution < 1.29 is 19.1 Å². The van der Waals surface area contributed by atoms with Gasteiger partial charge < -0.3 is 35.3 Å². The van der Waals surface area contributed by atoms with Crippen LogP contribution in [0.4, 0.5) is 11.4 Å². The number of nitrogens with one attached hydrogen (secondary N) is 3. The van der Waals surface area contributed by atoms with E-state index in [0.29, 0.717) is 63.1 Å². The highest BCUT2D eigenvalue weighted by Gasteiger charge is 2.35. The van der Waals surface area contributed by atoms with Crippen molar-refractivity contribution in [2.24, 2.45) is 4.99 Å². The average molecular weight is 465 g/mol. The fourth-order valence-corrected chi connectivity index (χ4v) is 4.73. The van der Waals surface area contributed by atoms with E-state index in [-0.39, 0.29) is 17.5 Å². The van der Waals surface area contributed by atoms with Crippen molar-refractivity contribution in [1.82, 2.24) is 10.2 Å². The molecule has 178 valence electrons. The van der Waals surface area contributed by atoms with Gasteiger partial charge in [0.1, 0.15) is 5.82 Å². The Morgan fingerprint density at radius 1 is 1.18 bits per heavy atom. The van der Waals surface area contributed by atoms with Crippen molar-refractivity contribution in [3.05, 3.63) is 46.9 Å². The van der Waals surface area contributed by atoms with Crippen LogP contribution >= 0.6 is 0 Å². The Hall–Kier alpha value is -3.50. The number of carbonyl (C=O) groups is 2. The van der Waals surface area contributed by atoms with Crippen LogP contribution in [0.5, 0.6) is 0 Å². The maximum atomic E-state index is 13.3. The molecule has 0 radical (unpaired) electrons. The first-order valence-corrected chi connectivity index (χ1v) is 11.6. The molecule has 0 unspecified atom stereocenters. The molecule has 2 saturated heterocycles. The summed E-state index contributed by atoms with van der Waals surface area (Å²) in [6.07, 6.45) is 7.58. The van der Waals surface area contributed by atoms with Gasteiger partial charge in [-0.2, -0.15) is 0 Å². The van der Waals surface area contributed by atoms with Crippen LogP contribution in [0.2, 0.25) is 0 Å². The van der Waals surface area contributed by atoms with E-state index >= 15 is 0 Å². The molecule has 2 fully saturated rings. The third-order valence-electron chi connectivity index (χ3n) is 6.54. The van der Waals surface area contributed by atoms with Gasteiger partial charge in [-0.1, -0.05) is 0 Å². The Morgan fingerprint density at radius 3 is 2.65 bits per heavy atom. The van der Waals surface area contributed by atoms with Crippen LogP contribution in [0, 0.1) is 5.41 Å². The van der Waals surface area contributed by atoms with Crippen molar-refractivity contribution in [1.29, 1.82) is 5.41 Å². The number of fused-ring (bicyclic) bond motifs is 1. The predicted molar refractivity (Wildman–Crippen MR) is 128 cm³/mol. The molecule has 34 heavy (non-hydrogen) atoms. The van der Waals surface area contributed by atoms with Crippen molar-refractivity contribution in [2.45, 2.75) is 25.4 Å². The molecule has 0 atom stereocenters. The number of morpholine rings is 1. The number of anilines is 2. The highest BCUT2D eigenvalue weighted by atomic mass is 16.5. The molecule has 0 saturated carbocycles. The van der Waals surface area contributed by atoms with E-state index in [1.54, 1.807) is 18.5 Å². The number of amides is 2. The SMILES string of the molecule is N=C/C(C(=O)Nc1cc2c(cc1N1CCOCC1)C(=O)N(C1CCOCC1)C2)=C1/N=CC=CN1. The summed E-state index contributed by atoms with van der Waals surface area (Å²) in [7, 11) is 0. The number of hydrogen-bond acceptors (Lipinski definition) is 8. The number of carbonyl (C=O) groups excluding carboxylic acids is 2. The molecule has 1 aromatic carbocycles. The minimum absolute atomic E-state index is 0.0316. The summed E-state index contributed by atoms with van der Waals surface area (Å²) in [4.78, 5) is 34.7. The van der Waals surface area contributed by atoms with Crippen molar-refractivity contribution in [3.8, 4) is 0 Å². The van der Waals surface area contributed by atoms with Crippen LogP contribution < -0.4 is 15.5 Å². The van der Waals surface area contributed by atoms with Gasteiger partial charge in [-0.05, 0) is 36.6 Å². The lowest BCUT2D eigenvalue weighted by Crippen LogP contribution is -2.39. The molecule has 10 nitrogen and oxygen atoms in total. The molecule has 10 heteroatoms. The van der Waals surface area contributed by atoms with Crippen LogP contribution in [0.25, 0.3) is 0 Å². The molecule has 5 rings (SSSR count). The number of aliphatic imine (C=N–C) groups is 1. The molecular formula is C24H28N6O4. The van der Waals surface area contributed by atoms with Crippen molar-refractivity contribution in [3.63, 3.8) is 0 Å². The summed E-state index contributed by atoms with van der Waals surface area (Å²) in [6, 6.07) is 3.96. The van der Waals surface area contributed by atoms with Crippen LogP contribution in [-0.4, -0.2) is 74.7 Å². The molecule has 2 amide bonds. The lowest BCUT2D eigenvalue weighted by molar-refractivity contribution is -0.112. The van der Waals surface area contributed by atoms with E-state index in [9.17, 15) is 9.59 Å². The quantitative estimate of drug-likeness (QED) is 0.450. The lowest BCUT2D eigenvalue weighted by atomic mass is 10.1. The van der Waals surface area contributed by atoms with Crippen LogP contribution in [0.15, 0.2) is 40.8 Å². The van der Waals surface area contributed by atoms with Crippen LogP contribution in [0.3, 0.4) is 0 Å². The van der Waals surface area contributed by atoms with E-state index in [2.05, 4.69) is 20.5 Å². The minimum Gasteiger partial charge on any atom is -0.381 e. The number of ether oxygens (including phenoxy) is 2. The second-order valence-electron chi connectivity index (χ2n) is 8.54. The monoisotopic (exact) mass is 464 g/mol. The zero-order valence-electron chi connectivity index (χ0n) is 18.9. The van der Waals surface area contributed by atoms with Crippen molar-refractivity contribution in [2.75, 3.05) is 49.7 Å². The fourth-order valence-electron chi connectivity index (χ4n) is 4.73. The maximum absolute atomic E-state index is 13.3. The van der Waals surface area contributed by atoms with Crippen LogP contribution in [0.1, 0.15) is 28.8 Å². The molecule has 0 bridgehead atoms. The summed E-state index contributed by atoms with van der Waals surface area (Å²) in [5, 5.41) is 13.6. The number of benzene rings is 1. The molecule has 0 aliphatic carbocycles. The van der Waals surface area contributed by atoms with Gasteiger partial charge in [0, 0.05) is 63.1 Å². The molecule has 1 aromatic rings. The number of rotatable bonds is 5. The smallest absolute Gasteiger partial charge is 0.261 e. The number of hydrogen-bond donors (Lipinski definition) is 3. The number of nitrogens with zero attached hydrogens (tertiary/aromatic N) is 3. The van der Waals surface area contributed by atoms with Gasteiger partial charge >= 0.3 is 0 Å². The van der Waals surface area contributed by atoms with Gasteiger partial charge in [-0.3, -0.25) is 9.59 Å². The fraction of sp³-hybridized carbons (Fsp3) is 0.417. The van der Waals surface area contributed by atoms with Crippen LogP contribution in [-0.2, 0) is 20.8 Å². The maximum Gasteiger partial charge on any atom is 0.261 e. The Labute approximate surface area is 197 Å². The van der Waals surface area contributed by atoms with Crippen molar-refractivity contribution >= 4 is 35.6 Å². The van der Waals surface area contributed by atoms with Gasteiger partial charge in [-0.15, -0.1) is 0 Å². The summed E-state index contributed by atoms with van der Waals surface area (Å²) >= 11 is 0.